The molecule has 4 heteroatoms. The molecule has 0 unspecified atom stereocenters. The molecule has 4 nitrogen and oxygen atoms in total. The monoisotopic (exact) mass is 313 g/mol. The summed E-state index contributed by atoms with van der Waals surface area (Å²) in [7, 11) is 0. The zero-order valence-corrected chi connectivity index (χ0v) is 13.8. The molecule has 1 amide bonds. The minimum Gasteiger partial charge on any atom is -0.491 e. The molecule has 0 bridgehead atoms. The van der Waals surface area contributed by atoms with E-state index in [0.29, 0.717) is 5.75 Å². The Hall–Kier alpha value is -2.49. The summed E-state index contributed by atoms with van der Waals surface area (Å²) in [5.74, 6) is 1.30. The molecule has 0 saturated heterocycles. The van der Waals surface area contributed by atoms with Crippen LogP contribution < -0.4 is 14.8 Å². The molecule has 0 radical (unpaired) electrons. The predicted molar refractivity (Wildman–Crippen MR) is 90.7 cm³/mol. The molecular formula is C19H23NO3. The van der Waals surface area contributed by atoms with Crippen molar-refractivity contribution < 1.29 is 14.3 Å². The van der Waals surface area contributed by atoms with Gasteiger partial charge in [-0.05, 0) is 39.0 Å². The third-order valence-corrected chi connectivity index (χ3v) is 3.24. The molecule has 2 aromatic rings. The average molecular weight is 313 g/mol. The van der Waals surface area contributed by atoms with Crippen molar-refractivity contribution in [2.75, 3.05) is 6.61 Å². The molecule has 0 spiro atoms. The maximum atomic E-state index is 12.1. The number of ether oxygens (including phenoxy) is 2. The standard InChI is InChI=1S/C19H23NO3/c1-14(2)23-18-12-8-7-11-17(18)15(3)20-19(21)13-22-16-9-5-4-6-10-16/h4-12,14-15H,13H2,1-3H3,(H,20,21)/t15-/m0/s1. The van der Waals surface area contributed by atoms with Crippen LogP contribution in [0.3, 0.4) is 0 Å². The lowest BCUT2D eigenvalue weighted by Crippen LogP contribution is -2.31. The van der Waals surface area contributed by atoms with Crippen LogP contribution in [0.4, 0.5) is 0 Å². The fraction of sp³-hybridized carbons (Fsp3) is 0.316. The molecule has 0 aromatic heterocycles. The summed E-state index contributed by atoms with van der Waals surface area (Å²) in [4.78, 5) is 12.1. The molecule has 122 valence electrons. The van der Waals surface area contributed by atoms with E-state index in [1.165, 1.54) is 0 Å². The van der Waals surface area contributed by atoms with E-state index >= 15 is 0 Å². The normalized spacial score (nSPS) is 11.8. The first-order valence-corrected chi connectivity index (χ1v) is 7.79. The molecular weight excluding hydrogens is 290 g/mol. The van der Waals surface area contributed by atoms with E-state index in [4.69, 9.17) is 9.47 Å². The summed E-state index contributed by atoms with van der Waals surface area (Å²) >= 11 is 0. The summed E-state index contributed by atoms with van der Waals surface area (Å²) in [6.45, 7) is 5.88. The highest BCUT2D eigenvalue weighted by Gasteiger charge is 2.15. The van der Waals surface area contributed by atoms with Crippen molar-refractivity contribution in [1.82, 2.24) is 5.32 Å². The van der Waals surface area contributed by atoms with Gasteiger partial charge in [-0.25, -0.2) is 0 Å². The number of benzene rings is 2. The van der Waals surface area contributed by atoms with Gasteiger partial charge in [0.25, 0.3) is 5.91 Å². The first kappa shape index (κ1) is 16.9. The molecule has 0 heterocycles. The van der Waals surface area contributed by atoms with Crippen molar-refractivity contribution >= 4 is 5.91 Å². The molecule has 1 N–H and O–H groups in total. The molecule has 2 aromatic carbocycles. The predicted octanol–water partition coefficient (Wildman–Crippen LogP) is 3.73. The van der Waals surface area contributed by atoms with Gasteiger partial charge in [-0.3, -0.25) is 4.79 Å². The van der Waals surface area contributed by atoms with Crippen LogP contribution in [0.25, 0.3) is 0 Å². The van der Waals surface area contributed by atoms with E-state index in [9.17, 15) is 4.79 Å². The van der Waals surface area contributed by atoms with Gasteiger partial charge in [0.1, 0.15) is 11.5 Å². The molecule has 0 aliphatic rings. The molecule has 1 atom stereocenters. The largest absolute Gasteiger partial charge is 0.491 e. The van der Waals surface area contributed by atoms with Crippen LogP contribution in [0, 0.1) is 0 Å². The second kappa shape index (κ2) is 8.22. The number of hydrogen-bond acceptors (Lipinski definition) is 3. The third-order valence-electron chi connectivity index (χ3n) is 3.24. The van der Waals surface area contributed by atoms with Gasteiger partial charge in [-0.15, -0.1) is 0 Å². The van der Waals surface area contributed by atoms with Crippen molar-refractivity contribution in [3.05, 3.63) is 60.2 Å². The number of carbonyl (C=O) groups is 1. The first-order chi connectivity index (χ1) is 11.1. The van der Waals surface area contributed by atoms with Crippen molar-refractivity contribution in [2.45, 2.75) is 32.9 Å². The SMILES string of the molecule is CC(C)Oc1ccccc1[C@H](C)NC(=O)COc1ccccc1. The molecule has 0 fully saturated rings. The Morgan fingerprint density at radius 2 is 1.65 bits per heavy atom. The Balaban J connectivity index is 1.93. The van der Waals surface area contributed by atoms with E-state index in [1.54, 1.807) is 0 Å². The Labute approximate surface area is 137 Å². The molecule has 2 rings (SSSR count). The zero-order chi connectivity index (χ0) is 16.7. The zero-order valence-electron chi connectivity index (χ0n) is 13.8. The van der Waals surface area contributed by atoms with Crippen LogP contribution >= 0.6 is 0 Å². The van der Waals surface area contributed by atoms with Crippen LogP contribution in [0.15, 0.2) is 54.6 Å². The second-order valence-corrected chi connectivity index (χ2v) is 5.60. The van der Waals surface area contributed by atoms with E-state index in [2.05, 4.69) is 5.32 Å². The summed E-state index contributed by atoms with van der Waals surface area (Å²) in [5, 5.41) is 2.94. The van der Waals surface area contributed by atoms with E-state index in [-0.39, 0.29) is 24.7 Å². The number of carbonyl (C=O) groups excluding carboxylic acids is 1. The van der Waals surface area contributed by atoms with Gasteiger partial charge in [0.15, 0.2) is 6.61 Å². The quantitative estimate of drug-likeness (QED) is 0.847. The topological polar surface area (TPSA) is 47.6 Å². The Morgan fingerprint density at radius 1 is 1.00 bits per heavy atom. The number of hydrogen-bond donors (Lipinski definition) is 1. The van der Waals surface area contributed by atoms with E-state index in [1.807, 2.05) is 75.4 Å². The number of para-hydroxylation sites is 2. The third kappa shape index (κ3) is 5.33. The van der Waals surface area contributed by atoms with E-state index in [0.717, 1.165) is 11.3 Å². The van der Waals surface area contributed by atoms with Crippen molar-refractivity contribution in [2.24, 2.45) is 0 Å². The van der Waals surface area contributed by atoms with Gasteiger partial charge < -0.3 is 14.8 Å². The molecule has 0 saturated carbocycles. The van der Waals surface area contributed by atoms with E-state index < -0.39 is 0 Å². The lowest BCUT2D eigenvalue weighted by molar-refractivity contribution is -0.123. The number of rotatable bonds is 7. The maximum absolute atomic E-state index is 12.1. The highest BCUT2D eigenvalue weighted by Crippen LogP contribution is 2.25. The summed E-state index contributed by atoms with van der Waals surface area (Å²) in [5.41, 5.74) is 0.953. The van der Waals surface area contributed by atoms with Crippen LogP contribution in [0.2, 0.25) is 0 Å². The second-order valence-electron chi connectivity index (χ2n) is 5.60. The summed E-state index contributed by atoms with van der Waals surface area (Å²) in [6, 6.07) is 16.9. The minimum atomic E-state index is -0.166. The smallest absolute Gasteiger partial charge is 0.258 e. The van der Waals surface area contributed by atoms with Crippen LogP contribution in [0.1, 0.15) is 32.4 Å². The maximum Gasteiger partial charge on any atom is 0.258 e. The minimum absolute atomic E-state index is 0.0123. The lowest BCUT2D eigenvalue weighted by atomic mass is 10.1. The van der Waals surface area contributed by atoms with Crippen molar-refractivity contribution in [3.63, 3.8) is 0 Å². The number of nitrogens with one attached hydrogen (secondary N) is 1. The lowest BCUT2D eigenvalue weighted by Gasteiger charge is -2.20. The van der Waals surface area contributed by atoms with Gasteiger partial charge in [-0.1, -0.05) is 36.4 Å². The highest BCUT2D eigenvalue weighted by atomic mass is 16.5. The van der Waals surface area contributed by atoms with Gasteiger partial charge in [0.2, 0.25) is 0 Å². The van der Waals surface area contributed by atoms with Crippen LogP contribution in [-0.4, -0.2) is 18.6 Å². The van der Waals surface area contributed by atoms with Crippen LogP contribution in [-0.2, 0) is 4.79 Å². The summed E-state index contributed by atoms with van der Waals surface area (Å²) < 4.78 is 11.3. The van der Waals surface area contributed by atoms with Gasteiger partial charge in [-0.2, -0.15) is 0 Å². The Morgan fingerprint density at radius 3 is 2.35 bits per heavy atom. The molecule has 0 aliphatic carbocycles. The summed E-state index contributed by atoms with van der Waals surface area (Å²) in [6.07, 6.45) is 0.0838. The number of amides is 1. The fourth-order valence-electron chi connectivity index (χ4n) is 2.23. The fourth-order valence-corrected chi connectivity index (χ4v) is 2.23. The Bertz CT molecular complexity index is 626. The molecule has 23 heavy (non-hydrogen) atoms. The van der Waals surface area contributed by atoms with Gasteiger partial charge in [0, 0.05) is 5.56 Å². The van der Waals surface area contributed by atoms with Crippen molar-refractivity contribution in [1.29, 1.82) is 0 Å². The Kier molecular flexibility index (Phi) is 6.03. The van der Waals surface area contributed by atoms with Gasteiger partial charge in [0.05, 0.1) is 12.1 Å². The average Bonchev–Trinajstić information content (AvgIpc) is 2.54. The first-order valence-electron chi connectivity index (χ1n) is 7.79. The van der Waals surface area contributed by atoms with Crippen LogP contribution in [0.5, 0.6) is 11.5 Å². The van der Waals surface area contributed by atoms with Gasteiger partial charge >= 0.3 is 0 Å². The molecule has 0 aliphatic heterocycles. The van der Waals surface area contributed by atoms with Crippen molar-refractivity contribution in [3.8, 4) is 11.5 Å². The highest BCUT2D eigenvalue weighted by molar-refractivity contribution is 5.78.